The molecule has 9 radical (unpaired) electrons. The fraction of sp³-hybridized carbons (Fsp3) is 1.00. The normalized spacial score (nSPS) is 12.0. The summed E-state index contributed by atoms with van der Waals surface area (Å²) in [5.41, 5.74) is 0. The largest absolute Gasteiger partial charge is 0.0657 e. The second-order valence-electron chi connectivity index (χ2n) is 1.66. The quantitative estimate of drug-likeness (QED) is 0.486. The Morgan fingerprint density at radius 3 is 1.71 bits per heavy atom. The van der Waals surface area contributed by atoms with Crippen LogP contribution in [-0.2, 0) is 0 Å². The molecule has 0 saturated carbocycles. The van der Waals surface area contributed by atoms with Crippen molar-refractivity contribution in [3.8, 4) is 0 Å². The molecule has 0 bridgehead atoms. The van der Waals surface area contributed by atoms with Gasteiger partial charge in [-0.2, -0.15) is 0 Å². The predicted molar refractivity (Wildman–Crippen MR) is 38.1 cm³/mol. The van der Waals surface area contributed by atoms with Crippen LogP contribution in [0.25, 0.3) is 0 Å². The van der Waals surface area contributed by atoms with E-state index in [1.165, 1.54) is 12.5 Å². The van der Waals surface area contributed by atoms with Gasteiger partial charge < -0.3 is 0 Å². The summed E-state index contributed by atoms with van der Waals surface area (Å²) in [7, 11) is 10.7. The number of hydrogen-bond donors (Lipinski definition) is 0. The van der Waals surface area contributed by atoms with E-state index < -0.39 is 6.63 Å². The Labute approximate surface area is 55.7 Å². The monoisotopic (exact) mass is 155 g/mol. The Balaban J connectivity index is 3.15. The van der Waals surface area contributed by atoms with Gasteiger partial charge in [0.1, 0.15) is 0 Å². The highest BCUT2D eigenvalue weighted by Crippen LogP contribution is 1.96. The molecule has 35 valence electrons. The van der Waals surface area contributed by atoms with Gasteiger partial charge in [-0.1, -0.05) is 19.4 Å². The highest BCUT2D eigenvalue weighted by Gasteiger charge is 2.09. The van der Waals surface area contributed by atoms with Gasteiger partial charge in [-0.05, 0) is 0 Å². The third-order valence-corrected chi connectivity index (χ3v) is 4.12. The molecule has 0 nitrogen and oxygen atoms in total. The molecule has 0 unspecified atom stereocenters. The maximum atomic E-state index is 3.55. The molecule has 0 aromatic rings. The molecule has 0 aromatic carbocycles. The Kier molecular flexibility index (Phi) is 3.38. The first-order chi connectivity index (χ1) is 3.06. The summed E-state index contributed by atoms with van der Waals surface area (Å²) in [5, 5.41) is 0. The van der Waals surface area contributed by atoms with Gasteiger partial charge >= 0.3 is 0 Å². The first-order valence-corrected chi connectivity index (χ1v) is 9.02. The van der Waals surface area contributed by atoms with Gasteiger partial charge in [0.2, 0.25) is 0 Å². The van der Waals surface area contributed by atoms with E-state index in [-0.39, 0.29) is 0 Å². The van der Waals surface area contributed by atoms with Crippen molar-refractivity contribution >= 4 is 35.9 Å². The summed E-state index contributed by atoms with van der Waals surface area (Å²) < 4.78 is 0. The first kappa shape index (κ1) is 7.87. The highest BCUT2D eigenvalue weighted by atomic mass is 29.8. The maximum Gasteiger partial charge on any atom is 0.0115 e. The topological polar surface area (TPSA) is 0 Å². The molecule has 0 fully saturated rings. The van der Waals surface area contributed by atoms with Gasteiger partial charge in [0, 0.05) is 35.9 Å². The molecular weight excluding hydrogens is 148 g/mol. The van der Waals surface area contributed by atoms with E-state index in [4.69, 9.17) is 0 Å². The molecular formula is C3H7Si4. The standard InChI is InChI=1S/C3H7Si4/c1-2-3-7(4,5)6/h2-3H2,1H3. The molecule has 0 rings (SSSR count). The van der Waals surface area contributed by atoms with Crippen molar-refractivity contribution in [1.29, 1.82) is 0 Å². The minimum absolute atomic E-state index is 1.22. The zero-order chi connectivity index (χ0) is 5.91. The van der Waals surface area contributed by atoms with Crippen LogP contribution < -0.4 is 0 Å². The van der Waals surface area contributed by atoms with Crippen molar-refractivity contribution < 1.29 is 0 Å². The summed E-state index contributed by atoms with van der Waals surface area (Å²) in [6.45, 7) is 0.928. The van der Waals surface area contributed by atoms with Gasteiger partial charge in [0.05, 0.1) is 0 Å². The van der Waals surface area contributed by atoms with Crippen molar-refractivity contribution in [3.05, 3.63) is 0 Å². The van der Waals surface area contributed by atoms with Gasteiger partial charge in [-0.15, -0.1) is 0 Å². The fourth-order valence-corrected chi connectivity index (χ4v) is 3.37. The average molecular weight is 155 g/mol. The van der Waals surface area contributed by atoms with Crippen LogP contribution in [-0.4, -0.2) is 35.9 Å². The summed E-state index contributed by atoms with van der Waals surface area (Å²) in [6, 6.07) is 1.22. The maximum absolute atomic E-state index is 3.55. The smallest absolute Gasteiger partial charge is 0.0115 e. The summed E-state index contributed by atoms with van der Waals surface area (Å²) in [6.07, 6.45) is 1.22. The van der Waals surface area contributed by atoms with Gasteiger partial charge in [0.25, 0.3) is 0 Å². The minimum atomic E-state index is -1.24. The minimum Gasteiger partial charge on any atom is -0.0657 e. The second kappa shape index (κ2) is 3.01. The van der Waals surface area contributed by atoms with E-state index in [9.17, 15) is 0 Å². The summed E-state index contributed by atoms with van der Waals surface area (Å²) in [4.78, 5) is 0. The van der Waals surface area contributed by atoms with Crippen molar-refractivity contribution in [1.82, 2.24) is 0 Å². The van der Waals surface area contributed by atoms with E-state index in [2.05, 4.69) is 36.2 Å². The van der Waals surface area contributed by atoms with E-state index in [1.54, 1.807) is 0 Å². The molecule has 4 heteroatoms. The first-order valence-electron chi connectivity index (χ1n) is 2.31. The van der Waals surface area contributed by atoms with Crippen molar-refractivity contribution in [2.75, 3.05) is 0 Å². The lowest BCUT2D eigenvalue weighted by Crippen LogP contribution is -2.36. The van der Waals surface area contributed by atoms with Crippen LogP contribution >= 0.6 is 0 Å². The third kappa shape index (κ3) is 6.87. The van der Waals surface area contributed by atoms with Crippen molar-refractivity contribution in [3.63, 3.8) is 0 Å². The number of rotatable bonds is 2. The fourth-order valence-electron chi connectivity index (χ4n) is 0.375. The van der Waals surface area contributed by atoms with E-state index in [1.807, 2.05) is 0 Å². The molecule has 0 amide bonds. The molecule has 7 heavy (non-hydrogen) atoms. The Hall–Kier alpha value is 0.868. The lowest BCUT2D eigenvalue weighted by molar-refractivity contribution is 1.07. The lowest BCUT2D eigenvalue weighted by Gasteiger charge is -2.11. The summed E-state index contributed by atoms with van der Waals surface area (Å²) >= 11 is 0. The molecule has 0 atom stereocenters. The van der Waals surface area contributed by atoms with Crippen LogP contribution in [0, 0.1) is 0 Å². The third-order valence-electron chi connectivity index (χ3n) is 0.625. The molecule has 0 heterocycles. The van der Waals surface area contributed by atoms with Crippen LogP contribution in [0.2, 0.25) is 6.04 Å². The summed E-state index contributed by atoms with van der Waals surface area (Å²) in [5.74, 6) is 0. The van der Waals surface area contributed by atoms with E-state index >= 15 is 0 Å². The Morgan fingerprint density at radius 1 is 1.29 bits per heavy atom. The van der Waals surface area contributed by atoms with Crippen LogP contribution in [0.5, 0.6) is 0 Å². The Bertz CT molecular complexity index is 45.4. The van der Waals surface area contributed by atoms with Crippen LogP contribution in [0.4, 0.5) is 0 Å². The lowest BCUT2D eigenvalue weighted by atomic mass is 10.6. The van der Waals surface area contributed by atoms with Crippen molar-refractivity contribution in [2.45, 2.75) is 19.4 Å². The molecule has 0 spiro atoms. The molecule has 0 aromatic heterocycles. The molecule has 0 saturated heterocycles. The predicted octanol–water partition coefficient (Wildman–Crippen LogP) is -0.159. The zero-order valence-electron chi connectivity index (χ0n) is 4.41. The van der Waals surface area contributed by atoms with Gasteiger partial charge in [0.15, 0.2) is 0 Å². The zero-order valence-corrected chi connectivity index (χ0v) is 8.41. The molecule has 0 aliphatic rings. The van der Waals surface area contributed by atoms with Gasteiger partial charge in [-0.3, -0.25) is 0 Å². The van der Waals surface area contributed by atoms with Crippen LogP contribution in [0.3, 0.4) is 0 Å². The SMILES string of the molecule is CCC[Si]([Si])([Si])[Si]. The Morgan fingerprint density at radius 2 is 1.71 bits per heavy atom. The highest BCUT2D eigenvalue weighted by molar-refractivity contribution is 7.60. The molecule has 0 N–H and O–H groups in total. The van der Waals surface area contributed by atoms with Gasteiger partial charge in [-0.25, -0.2) is 0 Å². The van der Waals surface area contributed by atoms with E-state index in [0.717, 1.165) is 0 Å². The average Bonchev–Trinajstić information content (AvgIpc) is 1.30. The molecule has 0 aliphatic heterocycles. The molecule has 0 aliphatic carbocycles. The van der Waals surface area contributed by atoms with Crippen LogP contribution in [0.15, 0.2) is 0 Å². The van der Waals surface area contributed by atoms with E-state index in [0.29, 0.717) is 0 Å². The van der Waals surface area contributed by atoms with Crippen molar-refractivity contribution in [2.24, 2.45) is 0 Å². The second-order valence-corrected chi connectivity index (χ2v) is 16.1. The number of hydrogen-bond acceptors (Lipinski definition) is 0. The van der Waals surface area contributed by atoms with Crippen LogP contribution in [0.1, 0.15) is 13.3 Å².